The Hall–Kier alpha value is -0.0800. The van der Waals surface area contributed by atoms with E-state index in [1.165, 1.54) is 0 Å². The minimum atomic E-state index is 0.520. The Morgan fingerprint density at radius 1 is 1.12 bits per heavy atom. The van der Waals surface area contributed by atoms with E-state index >= 15 is 0 Å². The van der Waals surface area contributed by atoms with Crippen LogP contribution in [0.2, 0.25) is 0 Å². The second-order valence-corrected chi connectivity index (χ2v) is 2.64. The van der Waals surface area contributed by atoms with Gasteiger partial charge in [-0.05, 0) is 12.8 Å². The minimum absolute atomic E-state index is 0.520. The van der Waals surface area contributed by atoms with E-state index in [9.17, 15) is 0 Å². The second-order valence-electron chi connectivity index (χ2n) is 2.64. The third-order valence-corrected chi connectivity index (χ3v) is 1.54. The van der Waals surface area contributed by atoms with Crippen molar-refractivity contribution in [2.75, 3.05) is 13.1 Å². The lowest BCUT2D eigenvalue weighted by Gasteiger charge is -2.26. The van der Waals surface area contributed by atoms with Crippen molar-refractivity contribution >= 4 is 0 Å². The molecule has 0 aromatic heterocycles. The molecule has 0 atom stereocenters. The Morgan fingerprint density at radius 2 is 1.62 bits per heavy atom. The maximum atomic E-state index is 3.32. The van der Waals surface area contributed by atoms with Crippen molar-refractivity contribution in [3.63, 3.8) is 0 Å². The van der Waals surface area contributed by atoms with Crippen molar-refractivity contribution in [3.05, 3.63) is 0 Å². The number of hydrogen-bond donors (Lipinski definition) is 2. The molecule has 1 aliphatic heterocycles. The van der Waals surface area contributed by atoms with Crippen LogP contribution in [0.1, 0.15) is 13.8 Å². The lowest BCUT2D eigenvalue weighted by atomic mass is 10.1. The van der Waals surface area contributed by atoms with E-state index in [4.69, 9.17) is 0 Å². The van der Waals surface area contributed by atoms with Gasteiger partial charge in [-0.2, -0.15) is 0 Å². The van der Waals surface area contributed by atoms with Crippen LogP contribution in [0.5, 0.6) is 0 Å². The molecule has 2 heteroatoms. The van der Waals surface area contributed by atoms with Crippen molar-refractivity contribution in [1.82, 2.24) is 10.6 Å². The van der Waals surface area contributed by atoms with E-state index in [0.29, 0.717) is 6.17 Å². The zero-order chi connectivity index (χ0) is 5.98. The minimum Gasteiger partial charge on any atom is -0.302 e. The van der Waals surface area contributed by atoms with Crippen molar-refractivity contribution in [3.8, 4) is 0 Å². The van der Waals surface area contributed by atoms with Gasteiger partial charge in [0.1, 0.15) is 0 Å². The lowest BCUT2D eigenvalue weighted by Crippen LogP contribution is -2.50. The largest absolute Gasteiger partial charge is 0.302 e. The third kappa shape index (κ3) is 1.46. The highest BCUT2D eigenvalue weighted by atomic mass is 15.1. The van der Waals surface area contributed by atoms with Crippen LogP contribution in [-0.2, 0) is 0 Å². The summed E-state index contributed by atoms with van der Waals surface area (Å²) in [6, 6.07) is 0. The molecule has 0 spiro atoms. The highest BCUT2D eigenvalue weighted by molar-refractivity contribution is 4.70. The van der Waals surface area contributed by atoms with E-state index in [2.05, 4.69) is 24.5 Å². The first-order valence-corrected chi connectivity index (χ1v) is 3.26. The van der Waals surface area contributed by atoms with Crippen LogP contribution in [0, 0.1) is 5.92 Å². The third-order valence-electron chi connectivity index (χ3n) is 1.54. The molecule has 2 N–H and O–H groups in total. The van der Waals surface area contributed by atoms with Gasteiger partial charge < -0.3 is 10.6 Å². The normalized spacial score (nSPS) is 39.8. The summed E-state index contributed by atoms with van der Waals surface area (Å²) in [5.74, 6) is 0.797. The molecule has 0 aromatic rings. The monoisotopic (exact) mass is 114 g/mol. The Kier molecular flexibility index (Phi) is 1.86. The van der Waals surface area contributed by atoms with E-state index in [1.54, 1.807) is 0 Å². The molecule has 0 bridgehead atoms. The fourth-order valence-electron chi connectivity index (χ4n) is 0.900. The van der Waals surface area contributed by atoms with Crippen LogP contribution in [-0.4, -0.2) is 19.3 Å². The van der Waals surface area contributed by atoms with E-state index in [1.807, 2.05) is 0 Å². The van der Waals surface area contributed by atoms with Gasteiger partial charge in [-0.3, -0.25) is 0 Å². The molecule has 1 rings (SSSR count). The molecule has 48 valence electrons. The smallest absolute Gasteiger partial charge is 0.0542 e. The van der Waals surface area contributed by atoms with Crippen LogP contribution < -0.4 is 10.6 Å². The first-order valence-electron chi connectivity index (χ1n) is 3.26. The van der Waals surface area contributed by atoms with Crippen LogP contribution in [0.3, 0.4) is 0 Å². The Labute approximate surface area is 50.7 Å². The van der Waals surface area contributed by atoms with E-state index < -0.39 is 0 Å². The standard InChI is InChI=1S/C6H14N2/c1-5-3-7-6(2)8-4-5/h5-8H,3-4H2,1-2H3. The summed E-state index contributed by atoms with van der Waals surface area (Å²) >= 11 is 0. The molecule has 0 aromatic carbocycles. The average molecular weight is 114 g/mol. The van der Waals surface area contributed by atoms with Gasteiger partial charge in [0.05, 0.1) is 6.17 Å². The van der Waals surface area contributed by atoms with Crippen molar-refractivity contribution in [2.45, 2.75) is 20.0 Å². The van der Waals surface area contributed by atoms with Crippen molar-refractivity contribution in [1.29, 1.82) is 0 Å². The predicted molar refractivity (Wildman–Crippen MR) is 34.6 cm³/mol. The van der Waals surface area contributed by atoms with Crippen LogP contribution >= 0.6 is 0 Å². The van der Waals surface area contributed by atoms with Gasteiger partial charge in [-0.15, -0.1) is 0 Å². The van der Waals surface area contributed by atoms with Gasteiger partial charge in [0.15, 0.2) is 0 Å². The predicted octanol–water partition coefficient (Wildman–Crippen LogP) is 0.161. The Balaban J connectivity index is 2.19. The molecular weight excluding hydrogens is 100 g/mol. The Bertz CT molecular complexity index is 54.9. The highest BCUT2D eigenvalue weighted by Gasteiger charge is 2.10. The summed E-state index contributed by atoms with van der Waals surface area (Å²) in [7, 11) is 0. The summed E-state index contributed by atoms with van der Waals surface area (Å²) in [5, 5.41) is 6.64. The molecule has 0 aliphatic carbocycles. The fourth-order valence-corrected chi connectivity index (χ4v) is 0.900. The lowest BCUT2D eigenvalue weighted by molar-refractivity contribution is 0.325. The summed E-state index contributed by atoms with van der Waals surface area (Å²) in [6.07, 6.45) is 0.520. The summed E-state index contributed by atoms with van der Waals surface area (Å²) < 4.78 is 0. The molecule has 1 heterocycles. The number of hydrogen-bond acceptors (Lipinski definition) is 2. The molecule has 1 fully saturated rings. The maximum Gasteiger partial charge on any atom is 0.0542 e. The molecule has 0 unspecified atom stereocenters. The SMILES string of the molecule is CC1CNC(C)NC1. The summed E-state index contributed by atoms with van der Waals surface area (Å²) in [6.45, 7) is 6.71. The summed E-state index contributed by atoms with van der Waals surface area (Å²) in [4.78, 5) is 0. The topological polar surface area (TPSA) is 24.1 Å². The Morgan fingerprint density at radius 3 is 2.00 bits per heavy atom. The van der Waals surface area contributed by atoms with Crippen molar-refractivity contribution in [2.24, 2.45) is 5.92 Å². The fraction of sp³-hybridized carbons (Fsp3) is 1.00. The molecule has 2 nitrogen and oxygen atoms in total. The molecule has 1 saturated heterocycles. The molecule has 8 heavy (non-hydrogen) atoms. The average Bonchev–Trinajstić information content (AvgIpc) is 1.77. The van der Waals surface area contributed by atoms with Crippen LogP contribution in [0.15, 0.2) is 0 Å². The van der Waals surface area contributed by atoms with Gasteiger partial charge in [0.25, 0.3) is 0 Å². The van der Waals surface area contributed by atoms with Crippen LogP contribution in [0.4, 0.5) is 0 Å². The summed E-state index contributed by atoms with van der Waals surface area (Å²) in [5.41, 5.74) is 0. The van der Waals surface area contributed by atoms with E-state index in [0.717, 1.165) is 19.0 Å². The van der Waals surface area contributed by atoms with Crippen molar-refractivity contribution < 1.29 is 0 Å². The zero-order valence-electron chi connectivity index (χ0n) is 5.57. The van der Waals surface area contributed by atoms with Gasteiger partial charge in [0.2, 0.25) is 0 Å². The first-order chi connectivity index (χ1) is 3.79. The molecule has 1 aliphatic rings. The first kappa shape index (κ1) is 6.05. The van der Waals surface area contributed by atoms with E-state index in [-0.39, 0.29) is 0 Å². The van der Waals surface area contributed by atoms with Gasteiger partial charge in [-0.25, -0.2) is 0 Å². The second kappa shape index (κ2) is 2.46. The number of nitrogens with one attached hydrogen (secondary N) is 2. The molecule has 0 amide bonds. The van der Waals surface area contributed by atoms with Gasteiger partial charge in [0, 0.05) is 13.1 Å². The van der Waals surface area contributed by atoms with Gasteiger partial charge in [-0.1, -0.05) is 6.92 Å². The van der Waals surface area contributed by atoms with Crippen LogP contribution in [0.25, 0.3) is 0 Å². The molecular formula is C6H14N2. The molecule has 0 saturated carbocycles. The molecule has 0 radical (unpaired) electrons. The highest BCUT2D eigenvalue weighted by Crippen LogP contribution is 1.95. The number of rotatable bonds is 0. The zero-order valence-corrected chi connectivity index (χ0v) is 5.57. The van der Waals surface area contributed by atoms with Gasteiger partial charge >= 0.3 is 0 Å². The quantitative estimate of drug-likeness (QED) is 0.469. The maximum absolute atomic E-state index is 3.32.